The van der Waals surface area contributed by atoms with Gasteiger partial charge in [-0.15, -0.1) is 16.4 Å². The summed E-state index contributed by atoms with van der Waals surface area (Å²) >= 11 is 5.00. The van der Waals surface area contributed by atoms with Gasteiger partial charge < -0.3 is 15.6 Å². The number of nitrogens with two attached hydrogens (primary N) is 1. The van der Waals surface area contributed by atoms with E-state index in [1.807, 2.05) is 29.8 Å². The molecule has 0 saturated heterocycles. The zero-order valence-corrected chi connectivity index (χ0v) is 18.5. The summed E-state index contributed by atoms with van der Waals surface area (Å²) in [5.74, 6) is 0.859. The Hall–Kier alpha value is -2.56. The van der Waals surface area contributed by atoms with Gasteiger partial charge in [-0.3, -0.25) is 0 Å². The quantitative estimate of drug-likeness (QED) is 0.454. The minimum atomic E-state index is -0.979. The van der Waals surface area contributed by atoms with Crippen LogP contribution in [0.25, 0.3) is 21.6 Å². The molecular formula is C19H19BrN6O2S. The van der Waals surface area contributed by atoms with Gasteiger partial charge in [0.15, 0.2) is 0 Å². The summed E-state index contributed by atoms with van der Waals surface area (Å²) in [5, 5.41) is 20.8. The maximum Gasteiger partial charge on any atom is 0.221 e. The molecule has 0 bridgehead atoms. The number of benzene rings is 1. The van der Waals surface area contributed by atoms with Gasteiger partial charge in [-0.25, -0.2) is 14.6 Å². The Morgan fingerprint density at radius 3 is 2.79 bits per heavy atom. The second-order valence-corrected chi connectivity index (χ2v) is 8.86. The lowest BCUT2D eigenvalue weighted by molar-refractivity contribution is 0.0782. The van der Waals surface area contributed by atoms with Gasteiger partial charge in [0.05, 0.1) is 34.6 Å². The predicted octanol–water partition coefficient (Wildman–Crippen LogP) is 3.58. The second kappa shape index (κ2) is 7.36. The number of ether oxygens (including phenoxy) is 1. The number of fused-ring (bicyclic) bond motifs is 1. The lowest BCUT2D eigenvalue weighted by atomic mass is 9.96. The first-order chi connectivity index (χ1) is 13.7. The molecule has 3 N–H and O–H groups in total. The normalized spacial score (nSPS) is 11.9. The molecule has 0 saturated carbocycles. The van der Waals surface area contributed by atoms with Gasteiger partial charge in [-0.05, 0) is 53.0 Å². The Bertz CT molecular complexity index is 1200. The predicted molar refractivity (Wildman–Crippen MR) is 116 cm³/mol. The number of methoxy groups -OCH3 is 1. The van der Waals surface area contributed by atoms with Gasteiger partial charge in [0.25, 0.3) is 0 Å². The molecule has 1 aromatic carbocycles. The smallest absolute Gasteiger partial charge is 0.221 e. The van der Waals surface area contributed by atoms with E-state index in [9.17, 15) is 5.11 Å². The number of rotatable bonds is 5. The molecule has 3 heterocycles. The Labute approximate surface area is 179 Å². The highest BCUT2D eigenvalue weighted by Gasteiger charge is 2.19. The van der Waals surface area contributed by atoms with E-state index in [-0.39, 0.29) is 5.95 Å². The van der Waals surface area contributed by atoms with Crippen LogP contribution in [0.2, 0.25) is 0 Å². The van der Waals surface area contributed by atoms with Gasteiger partial charge in [0, 0.05) is 5.38 Å². The molecule has 0 unspecified atom stereocenters. The summed E-state index contributed by atoms with van der Waals surface area (Å²) in [6.45, 7) is 3.94. The lowest BCUT2D eigenvalue weighted by Gasteiger charge is -2.19. The molecule has 29 heavy (non-hydrogen) atoms. The third kappa shape index (κ3) is 3.96. The van der Waals surface area contributed by atoms with Gasteiger partial charge in [-0.2, -0.15) is 0 Å². The van der Waals surface area contributed by atoms with Gasteiger partial charge in [0.1, 0.15) is 22.7 Å². The maximum atomic E-state index is 10.4. The molecule has 0 amide bonds. The monoisotopic (exact) mass is 474 g/mol. The largest absolute Gasteiger partial charge is 0.497 e. The minimum absolute atomic E-state index is 0.184. The summed E-state index contributed by atoms with van der Waals surface area (Å²) in [4.78, 5) is 8.65. The molecule has 0 aliphatic rings. The number of hydrogen-bond acceptors (Lipinski definition) is 8. The van der Waals surface area contributed by atoms with Crippen LogP contribution in [0.1, 0.15) is 25.0 Å². The van der Waals surface area contributed by atoms with Crippen LogP contribution in [0.5, 0.6) is 5.75 Å². The Balaban J connectivity index is 1.70. The molecule has 0 fully saturated rings. The molecule has 4 rings (SSSR count). The first kappa shape index (κ1) is 19.7. The van der Waals surface area contributed by atoms with E-state index in [2.05, 4.69) is 36.2 Å². The summed E-state index contributed by atoms with van der Waals surface area (Å²) in [6, 6.07) is 5.67. The van der Waals surface area contributed by atoms with Crippen LogP contribution in [0.4, 0.5) is 5.95 Å². The summed E-state index contributed by atoms with van der Waals surface area (Å²) in [6.07, 6.45) is 1.82. The third-order valence-corrected chi connectivity index (χ3v) is 6.31. The van der Waals surface area contributed by atoms with Gasteiger partial charge >= 0.3 is 0 Å². The average molecular weight is 475 g/mol. The highest BCUT2D eigenvalue weighted by Crippen LogP contribution is 2.35. The van der Waals surface area contributed by atoms with Crippen molar-refractivity contribution in [1.29, 1.82) is 0 Å². The van der Waals surface area contributed by atoms with Crippen LogP contribution in [0, 0.1) is 0 Å². The number of nitrogen functional groups attached to an aromatic ring is 1. The van der Waals surface area contributed by atoms with Crippen LogP contribution in [-0.2, 0) is 12.1 Å². The number of halogens is 1. The van der Waals surface area contributed by atoms with E-state index >= 15 is 0 Å². The van der Waals surface area contributed by atoms with Crippen molar-refractivity contribution in [3.63, 3.8) is 0 Å². The first-order valence-corrected chi connectivity index (χ1v) is 10.4. The van der Waals surface area contributed by atoms with Crippen LogP contribution >= 0.6 is 27.3 Å². The fourth-order valence-electron chi connectivity index (χ4n) is 2.98. The zero-order chi connectivity index (χ0) is 20.8. The van der Waals surface area contributed by atoms with Crippen LogP contribution < -0.4 is 10.5 Å². The van der Waals surface area contributed by atoms with Crippen LogP contribution in [0.3, 0.4) is 0 Å². The van der Waals surface area contributed by atoms with E-state index in [1.54, 1.807) is 25.6 Å². The van der Waals surface area contributed by atoms with E-state index < -0.39 is 5.60 Å². The van der Waals surface area contributed by atoms with E-state index in [4.69, 9.17) is 10.5 Å². The van der Waals surface area contributed by atoms with Crippen molar-refractivity contribution in [2.45, 2.75) is 26.0 Å². The topological polar surface area (TPSA) is 112 Å². The van der Waals surface area contributed by atoms with Crippen molar-refractivity contribution < 1.29 is 9.84 Å². The minimum Gasteiger partial charge on any atom is -0.497 e. The summed E-state index contributed by atoms with van der Waals surface area (Å²) < 4.78 is 8.85. The molecule has 0 aliphatic carbocycles. The first-order valence-electron chi connectivity index (χ1n) is 8.76. The molecule has 0 radical (unpaired) electrons. The van der Waals surface area contributed by atoms with Crippen molar-refractivity contribution in [3.8, 4) is 17.1 Å². The van der Waals surface area contributed by atoms with E-state index in [1.165, 1.54) is 11.3 Å². The maximum absolute atomic E-state index is 10.4. The van der Waals surface area contributed by atoms with Crippen molar-refractivity contribution in [2.24, 2.45) is 0 Å². The molecule has 3 aromatic heterocycles. The number of nitrogens with zero attached hydrogens (tertiary/aromatic N) is 5. The molecule has 0 spiro atoms. The fraction of sp³-hybridized carbons (Fsp3) is 0.263. The van der Waals surface area contributed by atoms with Crippen molar-refractivity contribution in [1.82, 2.24) is 25.0 Å². The standard InChI is InChI=1S/C19H19BrN6O2S/c1-19(2,27)11-4-10(5-12(6-11)28-3)7-26-8-14(24-25-26)16-17-15(13(20)9-29-17)22-18(21)23-16/h4-6,8-9,27H,7H2,1-3H3,(H2,21,22,23). The molecule has 8 nitrogen and oxygen atoms in total. The molecular weight excluding hydrogens is 456 g/mol. The second-order valence-electron chi connectivity index (χ2n) is 7.12. The van der Waals surface area contributed by atoms with Gasteiger partial charge in [-0.1, -0.05) is 11.3 Å². The number of aliphatic hydroxyl groups is 1. The number of thiophene rings is 1. The van der Waals surface area contributed by atoms with Crippen LogP contribution in [-0.4, -0.2) is 37.2 Å². The molecule has 4 aromatic rings. The van der Waals surface area contributed by atoms with Crippen molar-refractivity contribution in [2.75, 3.05) is 12.8 Å². The van der Waals surface area contributed by atoms with Crippen molar-refractivity contribution >= 4 is 43.4 Å². The van der Waals surface area contributed by atoms with Crippen LogP contribution in [0.15, 0.2) is 34.2 Å². The third-order valence-electron chi connectivity index (χ3n) is 4.42. The summed E-state index contributed by atoms with van der Waals surface area (Å²) in [7, 11) is 1.60. The molecule has 0 atom stereocenters. The number of anilines is 1. The number of aromatic nitrogens is 5. The molecule has 10 heteroatoms. The Morgan fingerprint density at radius 2 is 2.07 bits per heavy atom. The Kier molecular flexibility index (Phi) is 5.01. The molecule has 0 aliphatic heterocycles. The number of hydrogen-bond donors (Lipinski definition) is 2. The highest BCUT2D eigenvalue weighted by atomic mass is 79.9. The SMILES string of the molecule is COc1cc(Cn2cc(-c3nc(N)nc4c(Br)csc34)nn2)cc(C(C)(C)O)c1. The average Bonchev–Trinajstić information content (AvgIpc) is 3.27. The molecule has 150 valence electrons. The lowest BCUT2D eigenvalue weighted by Crippen LogP contribution is -2.16. The Morgan fingerprint density at radius 1 is 1.28 bits per heavy atom. The zero-order valence-electron chi connectivity index (χ0n) is 16.0. The summed E-state index contributed by atoms with van der Waals surface area (Å²) in [5.41, 5.74) is 8.62. The van der Waals surface area contributed by atoms with E-state index in [0.717, 1.165) is 25.8 Å². The van der Waals surface area contributed by atoms with Gasteiger partial charge in [0.2, 0.25) is 5.95 Å². The highest BCUT2D eigenvalue weighted by molar-refractivity contribution is 9.10. The van der Waals surface area contributed by atoms with E-state index in [0.29, 0.717) is 23.7 Å². The van der Waals surface area contributed by atoms with Crippen molar-refractivity contribution in [3.05, 3.63) is 45.4 Å². The fourth-order valence-corrected chi connectivity index (χ4v) is 4.54.